The Kier molecular flexibility index (Phi) is 7.98. The van der Waals surface area contributed by atoms with Crippen molar-refractivity contribution in [1.29, 1.82) is 0 Å². The van der Waals surface area contributed by atoms with Crippen LogP contribution in [0.4, 0.5) is 5.69 Å². The molecule has 3 N–H and O–H groups in total. The molecule has 6 nitrogen and oxygen atoms in total. The van der Waals surface area contributed by atoms with Crippen LogP contribution in [0.25, 0.3) is 0 Å². The number of aromatic nitrogens is 1. The van der Waals surface area contributed by atoms with Crippen molar-refractivity contribution in [2.75, 3.05) is 18.4 Å². The normalized spacial score (nSPS) is 16.4. The molecule has 1 atom stereocenters. The summed E-state index contributed by atoms with van der Waals surface area (Å²) in [6.45, 7) is 5.32. The maximum atomic E-state index is 12.8. The smallest absolute Gasteiger partial charge is 0.275 e. The number of nitrogens with zero attached hydrogens (tertiary/aromatic N) is 2. The predicted octanol–water partition coefficient (Wildman–Crippen LogP) is 3.64. The lowest BCUT2D eigenvalue weighted by atomic mass is 10.0. The van der Waals surface area contributed by atoms with Crippen LogP contribution >= 0.6 is 23.7 Å². The van der Waals surface area contributed by atoms with Crippen molar-refractivity contribution < 1.29 is 9.59 Å². The Balaban J connectivity index is 0.00000280. The molecule has 3 rings (SSSR count). The van der Waals surface area contributed by atoms with Crippen LogP contribution in [0, 0.1) is 6.92 Å². The Morgan fingerprint density at radius 3 is 2.82 bits per heavy atom. The number of carbonyl (C=O) groups is 2. The number of likely N-dealkylation sites (tertiary alicyclic amines) is 1. The molecule has 0 spiro atoms. The van der Waals surface area contributed by atoms with E-state index in [0.29, 0.717) is 29.9 Å². The highest BCUT2D eigenvalue weighted by molar-refractivity contribution is 7.09. The quantitative estimate of drug-likeness (QED) is 0.769. The van der Waals surface area contributed by atoms with Gasteiger partial charge in [-0.25, -0.2) is 4.98 Å². The van der Waals surface area contributed by atoms with E-state index in [4.69, 9.17) is 5.73 Å². The minimum Gasteiger partial charge on any atom is -0.336 e. The molecule has 1 unspecified atom stereocenters. The van der Waals surface area contributed by atoms with Gasteiger partial charge in [0.05, 0.1) is 5.01 Å². The number of benzene rings is 1. The molecule has 152 valence electrons. The SMILES string of the molecule is Cc1cc(C(=O)N2CCCCC2C)ccc1NC(=O)c1csc(CCN)n1.Cl. The van der Waals surface area contributed by atoms with Crippen LogP contribution in [0.15, 0.2) is 23.6 Å². The van der Waals surface area contributed by atoms with E-state index in [1.54, 1.807) is 17.5 Å². The van der Waals surface area contributed by atoms with Gasteiger partial charge in [0, 0.05) is 35.6 Å². The number of rotatable bonds is 5. The van der Waals surface area contributed by atoms with Crippen LogP contribution in [-0.4, -0.2) is 40.8 Å². The number of hydrogen-bond acceptors (Lipinski definition) is 5. The summed E-state index contributed by atoms with van der Waals surface area (Å²) in [4.78, 5) is 31.5. The average Bonchev–Trinajstić information content (AvgIpc) is 3.12. The van der Waals surface area contributed by atoms with Gasteiger partial charge in [-0.3, -0.25) is 9.59 Å². The highest BCUT2D eigenvalue weighted by atomic mass is 35.5. The number of anilines is 1. The van der Waals surface area contributed by atoms with E-state index in [9.17, 15) is 9.59 Å². The molecular formula is C20H27ClN4O2S. The van der Waals surface area contributed by atoms with Gasteiger partial charge in [-0.2, -0.15) is 0 Å². The lowest BCUT2D eigenvalue weighted by molar-refractivity contribution is 0.0635. The van der Waals surface area contributed by atoms with Gasteiger partial charge in [-0.1, -0.05) is 0 Å². The molecule has 0 radical (unpaired) electrons. The van der Waals surface area contributed by atoms with Crippen molar-refractivity contribution in [2.45, 2.75) is 45.6 Å². The van der Waals surface area contributed by atoms with Crippen LogP contribution in [0.1, 0.15) is 57.6 Å². The van der Waals surface area contributed by atoms with Crippen LogP contribution in [0.3, 0.4) is 0 Å². The predicted molar refractivity (Wildman–Crippen MR) is 116 cm³/mol. The number of thiazole rings is 1. The molecule has 1 saturated heterocycles. The van der Waals surface area contributed by atoms with Crippen molar-refractivity contribution in [1.82, 2.24) is 9.88 Å². The van der Waals surface area contributed by atoms with Crippen LogP contribution in [-0.2, 0) is 6.42 Å². The van der Waals surface area contributed by atoms with E-state index in [1.807, 2.05) is 17.9 Å². The standard InChI is InChI=1S/C20H26N4O2S.ClH/c1-13-11-15(20(26)24-10-4-3-5-14(24)2)6-7-16(13)23-19(25)17-12-27-18(22-17)8-9-21;/h6-7,11-12,14H,3-5,8-10,21H2,1-2H3,(H,23,25);1H. The molecule has 1 aliphatic heterocycles. The fraction of sp³-hybridized carbons (Fsp3) is 0.450. The third kappa shape index (κ3) is 5.10. The van der Waals surface area contributed by atoms with E-state index in [0.717, 1.165) is 30.0 Å². The molecule has 0 saturated carbocycles. The summed E-state index contributed by atoms with van der Waals surface area (Å²) in [7, 11) is 0. The third-order valence-corrected chi connectivity index (χ3v) is 5.84. The summed E-state index contributed by atoms with van der Waals surface area (Å²) in [6, 6.07) is 5.70. The van der Waals surface area contributed by atoms with E-state index in [2.05, 4.69) is 17.2 Å². The summed E-state index contributed by atoms with van der Waals surface area (Å²) < 4.78 is 0. The van der Waals surface area contributed by atoms with Crippen LogP contribution in [0.5, 0.6) is 0 Å². The fourth-order valence-electron chi connectivity index (χ4n) is 3.34. The summed E-state index contributed by atoms with van der Waals surface area (Å²) in [5.41, 5.74) is 8.13. The molecule has 28 heavy (non-hydrogen) atoms. The molecule has 1 aliphatic rings. The number of amides is 2. The Labute approximate surface area is 175 Å². The first-order valence-electron chi connectivity index (χ1n) is 9.37. The molecular weight excluding hydrogens is 396 g/mol. The van der Waals surface area contributed by atoms with Crippen molar-refractivity contribution in [3.05, 3.63) is 45.4 Å². The topological polar surface area (TPSA) is 88.3 Å². The molecule has 8 heteroatoms. The molecule has 0 aliphatic carbocycles. The van der Waals surface area contributed by atoms with E-state index in [-0.39, 0.29) is 30.3 Å². The number of piperidine rings is 1. The lowest BCUT2D eigenvalue weighted by Crippen LogP contribution is -2.42. The van der Waals surface area contributed by atoms with Gasteiger partial charge in [-0.15, -0.1) is 23.7 Å². The number of aryl methyl sites for hydroxylation is 1. The largest absolute Gasteiger partial charge is 0.336 e. The molecule has 2 heterocycles. The van der Waals surface area contributed by atoms with Crippen LogP contribution in [0.2, 0.25) is 0 Å². The second-order valence-electron chi connectivity index (χ2n) is 6.99. The van der Waals surface area contributed by atoms with Crippen molar-refractivity contribution in [3.8, 4) is 0 Å². The highest BCUT2D eigenvalue weighted by Gasteiger charge is 2.24. The summed E-state index contributed by atoms with van der Waals surface area (Å²) in [5.74, 6) is -0.185. The zero-order chi connectivity index (χ0) is 19.4. The first-order chi connectivity index (χ1) is 13.0. The number of nitrogens with one attached hydrogen (secondary N) is 1. The van der Waals surface area contributed by atoms with Gasteiger partial charge in [0.15, 0.2) is 0 Å². The van der Waals surface area contributed by atoms with Gasteiger partial charge in [0.1, 0.15) is 5.69 Å². The third-order valence-electron chi connectivity index (χ3n) is 4.93. The summed E-state index contributed by atoms with van der Waals surface area (Å²) in [5, 5.41) is 5.48. The molecule has 0 bridgehead atoms. The van der Waals surface area contributed by atoms with Crippen molar-refractivity contribution in [2.24, 2.45) is 5.73 Å². The molecule has 2 amide bonds. The zero-order valence-electron chi connectivity index (χ0n) is 16.2. The summed E-state index contributed by atoms with van der Waals surface area (Å²) >= 11 is 1.44. The Morgan fingerprint density at radius 2 is 2.14 bits per heavy atom. The summed E-state index contributed by atoms with van der Waals surface area (Å²) in [6.07, 6.45) is 3.96. The maximum absolute atomic E-state index is 12.8. The number of nitrogens with two attached hydrogens (primary N) is 1. The average molecular weight is 423 g/mol. The zero-order valence-corrected chi connectivity index (χ0v) is 17.9. The molecule has 1 aromatic heterocycles. The first kappa shape index (κ1) is 22.3. The monoisotopic (exact) mass is 422 g/mol. The minimum absolute atomic E-state index is 0. The van der Waals surface area contributed by atoms with E-state index >= 15 is 0 Å². The van der Waals surface area contributed by atoms with E-state index < -0.39 is 0 Å². The van der Waals surface area contributed by atoms with Gasteiger partial charge in [-0.05, 0) is 63.4 Å². The van der Waals surface area contributed by atoms with Crippen molar-refractivity contribution in [3.63, 3.8) is 0 Å². The second-order valence-corrected chi connectivity index (χ2v) is 7.93. The van der Waals surface area contributed by atoms with Crippen molar-refractivity contribution >= 4 is 41.2 Å². The molecule has 1 aromatic carbocycles. The van der Waals surface area contributed by atoms with Gasteiger partial charge < -0.3 is 16.0 Å². The van der Waals surface area contributed by atoms with Gasteiger partial charge in [0.2, 0.25) is 0 Å². The van der Waals surface area contributed by atoms with Gasteiger partial charge in [0.25, 0.3) is 11.8 Å². The lowest BCUT2D eigenvalue weighted by Gasteiger charge is -2.33. The fourth-order valence-corrected chi connectivity index (χ4v) is 4.14. The Morgan fingerprint density at radius 1 is 1.36 bits per heavy atom. The highest BCUT2D eigenvalue weighted by Crippen LogP contribution is 2.23. The minimum atomic E-state index is -0.249. The maximum Gasteiger partial charge on any atom is 0.275 e. The Bertz CT molecular complexity index is 839. The Hall–Kier alpha value is -1.96. The van der Waals surface area contributed by atoms with Crippen LogP contribution < -0.4 is 11.1 Å². The molecule has 2 aromatic rings. The first-order valence-corrected chi connectivity index (χ1v) is 10.2. The number of halogens is 1. The second kappa shape index (κ2) is 10.0. The van der Waals surface area contributed by atoms with E-state index in [1.165, 1.54) is 17.8 Å². The number of carbonyl (C=O) groups excluding carboxylic acids is 2. The number of hydrogen-bond donors (Lipinski definition) is 2. The molecule has 1 fully saturated rings. The van der Waals surface area contributed by atoms with Gasteiger partial charge >= 0.3 is 0 Å².